The van der Waals surface area contributed by atoms with E-state index in [4.69, 9.17) is 0 Å². The van der Waals surface area contributed by atoms with Crippen molar-refractivity contribution in [3.8, 4) is 0 Å². The van der Waals surface area contributed by atoms with Gasteiger partial charge in [-0.25, -0.2) is 0 Å². The summed E-state index contributed by atoms with van der Waals surface area (Å²) >= 11 is 0. The third-order valence-corrected chi connectivity index (χ3v) is 2.91. The van der Waals surface area contributed by atoms with Crippen molar-refractivity contribution in [2.75, 3.05) is 0 Å². The van der Waals surface area contributed by atoms with Gasteiger partial charge in [-0.2, -0.15) is 0 Å². The van der Waals surface area contributed by atoms with Gasteiger partial charge in [0.05, 0.1) is 0 Å². The molecule has 2 atom stereocenters. The van der Waals surface area contributed by atoms with Gasteiger partial charge in [-0.1, -0.05) is 0 Å². The quantitative estimate of drug-likeness (QED) is 0.872. The number of nitrogens with one attached hydrogen (secondary N) is 1. The van der Waals surface area contributed by atoms with Crippen molar-refractivity contribution < 1.29 is 0 Å². The maximum atomic E-state index is 4.03. The van der Waals surface area contributed by atoms with Crippen LogP contribution in [0.5, 0.6) is 0 Å². The molecule has 0 aliphatic rings. The van der Waals surface area contributed by atoms with E-state index in [1.54, 1.807) is 0 Å². The first-order valence-corrected chi connectivity index (χ1v) is 5.83. The molecule has 2 heterocycles. The SMILES string of the molecule is CC(N[C@@H](C)c1ccncc1)c1ccncc1. The van der Waals surface area contributed by atoms with Crippen LogP contribution in [0, 0.1) is 0 Å². The van der Waals surface area contributed by atoms with Gasteiger partial charge in [0, 0.05) is 36.9 Å². The molecule has 0 saturated carbocycles. The number of pyridine rings is 2. The average Bonchev–Trinajstić information content (AvgIpc) is 2.40. The van der Waals surface area contributed by atoms with Crippen molar-refractivity contribution >= 4 is 0 Å². The van der Waals surface area contributed by atoms with Crippen molar-refractivity contribution in [2.45, 2.75) is 25.9 Å². The third-order valence-electron chi connectivity index (χ3n) is 2.91. The number of hydrogen-bond donors (Lipinski definition) is 1. The van der Waals surface area contributed by atoms with Crippen molar-refractivity contribution in [1.29, 1.82) is 0 Å². The summed E-state index contributed by atoms with van der Waals surface area (Å²) in [5.41, 5.74) is 2.50. The van der Waals surface area contributed by atoms with Gasteiger partial charge in [0.15, 0.2) is 0 Å². The fourth-order valence-electron chi connectivity index (χ4n) is 1.87. The highest BCUT2D eigenvalue weighted by atomic mass is 14.9. The summed E-state index contributed by atoms with van der Waals surface area (Å²) in [5.74, 6) is 0. The Hall–Kier alpha value is -1.74. The first-order chi connectivity index (χ1) is 8.27. The van der Waals surface area contributed by atoms with E-state index < -0.39 is 0 Å². The first kappa shape index (κ1) is 11.7. The molecule has 2 rings (SSSR count). The van der Waals surface area contributed by atoms with E-state index in [0.717, 1.165) is 0 Å². The molecule has 2 aromatic heterocycles. The van der Waals surface area contributed by atoms with E-state index in [1.807, 2.05) is 49.1 Å². The van der Waals surface area contributed by atoms with Crippen molar-refractivity contribution in [2.24, 2.45) is 0 Å². The minimum absolute atomic E-state index is 0.307. The van der Waals surface area contributed by atoms with E-state index in [-0.39, 0.29) is 0 Å². The lowest BCUT2D eigenvalue weighted by Crippen LogP contribution is -2.22. The van der Waals surface area contributed by atoms with E-state index in [2.05, 4.69) is 29.1 Å². The molecule has 0 radical (unpaired) electrons. The van der Waals surface area contributed by atoms with Crippen LogP contribution in [0.2, 0.25) is 0 Å². The molecule has 0 fully saturated rings. The molecular formula is C14H17N3. The number of nitrogens with zero attached hydrogens (tertiary/aromatic N) is 2. The number of rotatable bonds is 4. The highest BCUT2D eigenvalue weighted by molar-refractivity contribution is 5.18. The molecule has 0 aromatic carbocycles. The van der Waals surface area contributed by atoms with Gasteiger partial charge in [-0.15, -0.1) is 0 Å². The molecule has 0 amide bonds. The van der Waals surface area contributed by atoms with Crippen LogP contribution in [0.3, 0.4) is 0 Å². The highest BCUT2D eigenvalue weighted by Gasteiger charge is 2.10. The zero-order valence-corrected chi connectivity index (χ0v) is 10.2. The van der Waals surface area contributed by atoms with E-state index in [9.17, 15) is 0 Å². The van der Waals surface area contributed by atoms with Crippen LogP contribution in [0.15, 0.2) is 49.1 Å². The highest BCUT2D eigenvalue weighted by Crippen LogP contribution is 2.17. The van der Waals surface area contributed by atoms with Crippen LogP contribution in [-0.4, -0.2) is 9.97 Å². The maximum absolute atomic E-state index is 4.03. The molecule has 17 heavy (non-hydrogen) atoms. The lowest BCUT2D eigenvalue weighted by Gasteiger charge is -2.20. The molecule has 0 aliphatic carbocycles. The molecule has 3 nitrogen and oxygen atoms in total. The van der Waals surface area contributed by atoms with E-state index in [0.29, 0.717) is 12.1 Å². The lowest BCUT2D eigenvalue weighted by atomic mass is 10.1. The fourth-order valence-corrected chi connectivity index (χ4v) is 1.87. The van der Waals surface area contributed by atoms with Gasteiger partial charge in [0.1, 0.15) is 0 Å². The summed E-state index contributed by atoms with van der Waals surface area (Å²) in [5, 5.41) is 3.56. The topological polar surface area (TPSA) is 37.8 Å². The van der Waals surface area contributed by atoms with Gasteiger partial charge >= 0.3 is 0 Å². The molecule has 88 valence electrons. The second-order valence-electron chi connectivity index (χ2n) is 4.17. The summed E-state index contributed by atoms with van der Waals surface area (Å²) in [6.07, 6.45) is 7.30. The van der Waals surface area contributed by atoms with Crippen LogP contribution >= 0.6 is 0 Å². The zero-order chi connectivity index (χ0) is 12.1. The smallest absolute Gasteiger partial charge is 0.0298 e. The van der Waals surface area contributed by atoms with Crippen LogP contribution in [-0.2, 0) is 0 Å². The lowest BCUT2D eigenvalue weighted by molar-refractivity contribution is 0.494. The number of aromatic nitrogens is 2. The Labute approximate surface area is 102 Å². The van der Waals surface area contributed by atoms with Crippen molar-refractivity contribution in [3.63, 3.8) is 0 Å². The molecule has 3 heteroatoms. The van der Waals surface area contributed by atoms with Crippen LogP contribution in [0.25, 0.3) is 0 Å². The van der Waals surface area contributed by atoms with E-state index >= 15 is 0 Å². The summed E-state index contributed by atoms with van der Waals surface area (Å²) in [7, 11) is 0. The van der Waals surface area contributed by atoms with E-state index in [1.165, 1.54) is 11.1 Å². The first-order valence-electron chi connectivity index (χ1n) is 5.83. The number of hydrogen-bond acceptors (Lipinski definition) is 3. The predicted molar refractivity (Wildman–Crippen MR) is 68.4 cm³/mol. The zero-order valence-electron chi connectivity index (χ0n) is 10.2. The van der Waals surface area contributed by atoms with Crippen molar-refractivity contribution in [3.05, 3.63) is 60.2 Å². The van der Waals surface area contributed by atoms with Gasteiger partial charge < -0.3 is 5.32 Å². The monoisotopic (exact) mass is 227 g/mol. The van der Waals surface area contributed by atoms with Gasteiger partial charge in [0.2, 0.25) is 0 Å². The standard InChI is InChI=1S/C14H17N3/c1-11(13-3-7-15-8-4-13)17-12(2)14-5-9-16-10-6-14/h3-12,17H,1-2H3/t11-,12?/m0/s1. The summed E-state index contributed by atoms with van der Waals surface area (Å²) in [4.78, 5) is 8.06. The van der Waals surface area contributed by atoms with Crippen LogP contribution in [0.1, 0.15) is 37.1 Å². The van der Waals surface area contributed by atoms with Gasteiger partial charge in [0.25, 0.3) is 0 Å². The fraction of sp³-hybridized carbons (Fsp3) is 0.286. The Balaban J connectivity index is 2.02. The maximum Gasteiger partial charge on any atom is 0.0298 e. The third kappa shape index (κ3) is 3.11. The van der Waals surface area contributed by atoms with Gasteiger partial charge in [-0.3, -0.25) is 9.97 Å². The normalized spacial score (nSPS) is 14.2. The average molecular weight is 227 g/mol. The molecule has 1 N–H and O–H groups in total. The molecule has 0 aliphatic heterocycles. The van der Waals surface area contributed by atoms with Crippen molar-refractivity contribution in [1.82, 2.24) is 15.3 Å². The van der Waals surface area contributed by atoms with Crippen LogP contribution in [0.4, 0.5) is 0 Å². The molecule has 0 bridgehead atoms. The Bertz CT molecular complexity index is 398. The Morgan fingerprint density at radius 1 is 0.765 bits per heavy atom. The second-order valence-corrected chi connectivity index (χ2v) is 4.17. The summed E-state index contributed by atoms with van der Waals surface area (Å²) in [6, 6.07) is 8.77. The predicted octanol–water partition coefficient (Wildman–Crippen LogP) is 2.89. The molecule has 0 spiro atoms. The molecule has 1 unspecified atom stereocenters. The largest absolute Gasteiger partial charge is 0.304 e. The molecule has 2 aromatic rings. The molecule has 0 saturated heterocycles. The minimum atomic E-state index is 0.307. The minimum Gasteiger partial charge on any atom is -0.304 e. The Kier molecular flexibility index (Phi) is 3.83. The Morgan fingerprint density at radius 2 is 1.12 bits per heavy atom. The summed E-state index contributed by atoms with van der Waals surface area (Å²) in [6.45, 7) is 4.32. The van der Waals surface area contributed by atoms with Crippen LogP contribution < -0.4 is 5.32 Å². The van der Waals surface area contributed by atoms with Gasteiger partial charge in [-0.05, 0) is 49.2 Å². The molecular weight excluding hydrogens is 210 g/mol. The summed E-state index contributed by atoms with van der Waals surface area (Å²) < 4.78 is 0. The Morgan fingerprint density at radius 3 is 1.47 bits per heavy atom. The second kappa shape index (κ2) is 5.55.